The van der Waals surface area contributed by atoms with E-state index in [2.05, 4.69) is 6.58 Å². The van der Waals surface area contributed by atoms with E-state index >= 15 is 0 Å². The van der Waals surface area contributed by atoms with Crippen LogP contribution in [0.5, 0.6) is 0 Å². The van der Waals surface area contributed by atoms with Gasteiger partial charge in [-0.15, -0.1) is 0 Å². The molecular formula is C12H21NO4. The zero-order valence-corrected chi connectivity index (χ0v) is 10.8. The lowest BCUT2D eigenvalue weighted by molar-refractivity contribution is -0.139. The van der Waals surface area contributed by atoms with Gasteiger partial charge in [-0.2, -0.15) is 0 Å². The van der Waals surface area contributed by atoms with Crippen LogP contribution in [0.2, 0.25) is 0 Å². The Morgan fingerprint density at radius 1 is 1.12 bits per heavy atom. The van der Waals surface area contributed by atoms with Crippen molar-refractivity contribution in [2.24, 2.45) is 0 Å². The zero-order valence-electron chi connectivity index (χ0n) is 10.8. The van der Waals surface area contributed by atoms with Crippen molar-refractivity contribution in [2.45, 2.75) is 27.2 Å². The highest BCUT2D eigenvalue weighted by Crippen LogP contribution is 1.96. The van der Waals surface area contributed by atoms with Gasteiger partial charge in [0.05, 0.1) is 13.2 Å². The molecule has 5 heteroatoms. The van der Waals surface area contributed by atoms with E-state index in [4.69, 9.17) is 9.47 Å². The molecule has 0 rings (SSSR count). The fourth-order valence-corrected chi connectivity index (χ4v) is 1.08. The topological polar surface area (TPSA) is 55.8 Å². The highest BCUT2D eigenvalue weighted by atomic mass is 16.6. The maximum Gasteiger partial charge on any atom is 0.409 e. The van der Waals surface area contributed by atoms with E-state index < -0.39 is 5.97 Å². The first kappa shape index (κ1) is 15.5. The molecule has 0 aliphatic heterocycles. The molecule has 5 nitrogen and oxygen atoms in total. The molecule has 0 spiro atoms. The molecule has 0 fully saturated rings. The Kier molecular flexibility index (Phi) is 7.84. The molecule has 0 aromatic carbocycles. The number of amides is 1. The van der Waals surface area contributed by atoms with E-state index in [9.17, 15) is 9.59 Å². The van der Waals surface area contributed by atoms with Crippen LogP contribution in [-0.2, 0) is 14.3 Å². The van der Waals surface area contributed by atoms with E-state index in [0.717, 1.165) is 0 Å². The number of carbonyl (C=O) groups is 2. The minimum Gasteiger partial charge on any atom is -0.462 e. The summed E-state index contributed by atoms with van der Waals surface area (Å²) in [5.74, 6) is -0.417. The Labute approximate surface area is 102 Å². The Balaban J connectivity index is 3.61. The van der Waals surface area contributed by atoms with E-state index in [-0.39, 0.29) is 19.3 Å². The molecule has 0 aliphatic rings. The number of esters is 1. The average molecular weight is 243 g/mol. The van der Waals surface area contributed by atoms with Crippen LogP contribution in [0, 0.1) is 0 Å². The molecule has 1 amide bonds. The SMILES string of the molecule is C=C(C)C(=O)OCCCOC(=O)N(CC)CC. The van der Waals surface area contributed by atoms with E-state index in [0.29, 0.717) is 25.1 Å². The normalized spacial score (nSPS) is 9.59. The van der Waals surface area contributed by atoms with Crippen LogP contribution in [-0.4, -0.2) is 43.3 Å². The number of rotatable bonds is 7. The molecule has 0 saturated heterocycles. The molecule has 0 atom stereocenters. The van der Waals surface area contributed by atoms with Crippen molar-refractivity contribution in [3.8, 4) is 0 Å². The summed E-state index contributed by atoms with van der Waals surface area (Å²) in [5, 5.41) is 0. The second-order valence-corrected chi connectivity index (χ2v) is 3.56. The van der Waals surface area contributed by atoms with E-state index in [1.165, 1.54) is 0 Å². The monoisotopic (exact) mass is 243 g/mol. The predicted molar refractivity (Wildman–Crippen MR) is 64.7 cm³/mol. The predicted octanol–water partition coefficient (Wildman–Crippen LogP) is 1.97. The van der Waals surface area contributed by atoms with Gasteiger partial charge in [0.2, 0.25) is 0 Å². The molecule has 0 radical (unpaired) electrons. The summed E-state index contributed by atoms with van der Waals surface area (Å²) >= 11 is 0. The van der Waals surface area contributed by atoms with Gasteiger partial charge >= 0.3 is 12.1 Å². The van der Waals surface area contributed by atoms with Crippen LogP contribution >= 0.6 is 0 Å². The second-order valence-electron chi connectivity index (χ2n) is 3.56. The summed E-state index contributed by atoms with van der Waals surface area (Å²) in [6.07, 6.45) is 0.160. The molecule has 17 heavy (non-hydrogen) atoms. The third-order valence-electron chi connectivity index (χ3n) is 2.12. The summed E-state index contributed by atoms with van der Waals surface area (Å²) in [7, 11) is 0. The quantitative estimate of drug-likeness (QED) is 0.390. The molecule has 0 aromatic heterocycles. The van der Waals surface area contributed by atoms with Crippen molar-refractivity contribution in [1.82, 2.24) is 4.90 Å². The van der Waals surface area contributed by atoms with Crippen LogP contribution in [0.15, 0.2) is 12.2 Å². The lowest BCUT2D eigenvalue weighted by atomic mass is 10.4. The number of nitrogens with zero attached hydrogens (tertiary/aromatic N) is 1. The third kappa shape index (κ3) is 6.60. The first-order valence-electron chi connectivity index (χ1n) is 5.77. The minimum absolute atomic E-state index is 0.233. The van der Waals surface area contributed by atoms with Crippen LogP contribution in [0.25, 0.3) is 0 Å². The maximum atomic E-state index is 11.4. The summed E-state index contributed by atoms with van der Waals surface area (Å²) < 4.78 is 9.86. The van der Waals surface area contributed by atoms with Gasteiger partial charge < -0.3 is 14.4 Å². The molecule has 0 unspecified atom stereocenters. The second kappa shape index (κ2) is 8.61. The van der Waals surface area contributed by atoms with Gasteiger partial charge in [0.25, 0.3) is 0 Å². The van der Waals surface area contributed by atoms with Crippen molar-refractivity contribution < 1.29 is 19.1 Å². The molecule has 0 aliphatic carbocycles. The number of carbonyl (C=O) groups excluding carboxylic acids is 2. The number of hydrogen-bond donors (Lipinski definition) is 0. The molecule has 0 heterocycles. The highest BCUT2D eigenvalue weighted by Gasteiger charge is 2.10. The molecule has 98 valence electrons. The van der Waals surface area contributed by atoms with Crippen molar-refractivity contribution in [3.63, 3.8) is 0 Å². The maximum absolute atomic E-state index is 11.4. The number of hydrogen-bond acceptors (Lipinski definition) is 4. The smallest absolute Gasteiger partial charge is 0.409 e. The first-order chi connectivity index (χ1) is 8.02. The van der Waals surface area contributed by atoms with Gasteiger partial charge in [-0.1, -0.05) is 6.58 Å². The summed E-state index contributed by atoms with van der Waals surface area (Å²) in [6.45, 7) is 10.6. The van der Waals surface area contributed by atoms with Crippen LogP contribution in [0.4, 0.5) is 4.79 Å². The van der Waals surface area contributed by atoms with Gasteiger partial charge in [0, 0.05) is 25.1 Å². The van der Waals surface area contributed by atoms with Crippen LogP contribution in [0.1, 0.15) is 27.2 Å². The Hall–Kier alpha value is -1.52. The van der Waals surface area contributed by atoms with Gasteiger partial charge in [-0.3, -0.25) is 0 Å². The lowest BCUT2D eigenvalue weighted by Gasteiger charge is -2.17. The fraction of sp³-hybridized carbons (Fsp3) is 0.667. The Bertz CT molecular complexity index is 272. The summed E-state index contributed by atoms with van der Waals surface area (Å²) in [4.78, 5) is 24.0. The number of ether oxygens (including phenoxy) is 2. The van der Waals surface area contributed by atoms with Crippen molar-refractivity contribution >= 4 is 12.1 Å². The Morgan fingerprint density at radius 3 is 2.12 bits per heavy atom. The Morgan fingerprint density at radius 2 is 1.65 bits per heavy atom. The third-order valence-corrected chi connectivity index (χ3v) is 2.12. The van der Waals surface area contributed by atoms with Crippen molar-refractivity contribution in [1.29, 1.82) is 0 Å². The fourth-order valence-electron chi connectivity index (χ4n) is 1.08. The van der Waals surface area contributed by atoms with Gasteiger partial charge in [-0.05, 0) is 20.8 Å². The molecular weight excluding hydrogens is 222 g/mol. The lowest BCUT2D eigenvalue weighted by Crippen LogP contribution is -2.31. The highest BCUT2D eigenvalue weighted by molar-refractivity contribution is 5.86. The molecule has 0 N–H and O–H groups in total. The minimum atomic E-state index is -0.417. The summed E-state index contributed by atoms with van der Waals surface area (Å²) in [6, 6.07) is 0. The zero-order chi connectivity index (χ0) is 13.3. The van der Waals surface area contributed by atoms with Crippen molar-refractivity contribution in [3.05, 3.63) is 12.2 Å². The largest absolute Gasteiger partial charge is 0.462 e. The average Bonchev–Trinajstić information content (AvgIpc) is 2.29. The van der Waals surface area contributed by atoms with Crippen LogP contribution in [0.3, 0.4) is 0 Å². The van der Waals surface area contributed by atoms with Crippen LogP contribution < -0.4 is 0 Å². The standard InChI is InChI=1S/C12H21NO4/c1-5-13(6-2)12(15)17-9-7-8-16-11(14)10(3)4/h3,5-9H2,1-2,4H3. The van der Waals surface area contributed by atoms with Gasteiger partial charge in [0.15, 0.2) is 0 Å². The first-order valence-corrected chi connectivity index (χ1v) is 5.77. The van der Waals surface area contributed by atoms with Gasteiger partial charge in [-0.25, -0.2) is 9.59 Å². The summed E-state index contributed by atoms with van der Waals surface area (Å²) in [5.41, 5.74) is 0.366. The van der Waals surface area contributed by atoms with E-state index in [1.807, 2.05) is 13.8 Å². The van der Waals surface area contributed by atoms with Gasteiger partial charge in [0.1, 0.15) is 0 Å². The van der Waals surface area contributed by atoms with E-state index in [1.54, 1.807) is 11.8 Å². The van der Waals surface area contributed by atoms with Crippen molar-refractivity contribution in [2.75, 3.05) is 26.3 Å². The molecule has 0 saturated carbocycles. The molecule has 0 bridgehead atoms. The molecule has 0 aromatic rings.